The molecule has 2 atom stereocenters. The van der Waals surface area contributed by atoms with Gasteiger partial charge in [-0.1, -0.05) is 18.2 Å². The van der Waals surface area contributed by atoms with E-state index >= 15 is 0 Å². The van der Waals surface area contributed by atoms with Crippen molar-refractivity contribution in [3.05, 3.63) is 35.4 Å². The molecule has 1 aromatic rings. The summed E-state index contributed by atoms with van der Waals surface area (Å²) in [5, 5.41) is 4.94. The van der Waals surface area contributed by atoms with Gasteiger partial charge in [0, 0.05) is 11.5 Å². The second kappa shape index (κ2) is 10.3. The monoisotopic (exact) mass is 438 g/mol. The van der Waals surface area contributed by atoms with Crippen LogP contribution in [-0.2, 0) is 29.6 Å². The van der Waals surface area contributed by atoms with Crippen molar-refractivity contribution in [3.8, 4) is 0 Å². The predicted molar refractivity (Wildman–Crippen MR) is 110 cm³/mol. The molecule has 0 fully saturated rings. The third-order valence-electron chi connectivity index (χ3n) is 3.97. The number of esters is 2. The number of rotatable bonds is 2. The van der Waals surface area contributed by atoms with Crippen LogP contribution < -0.4 is 10.6 Å². The molecule has 1 aliphatic heterocycles. The molecule has 0 saturated heterocycles. The molecule has 0 radical (unpaired) electrons. The number of carbonyl (C=O) groups excluding carboxylic acids is 4. The highest BCUT2D eigenvalue weighted by atomic mass is 32.2. The zero-order valence-corrected chi connectivity index (χ0v) is 18.2. The minimum absolute atomic E-state index is 0.223. The van der Waals surface area contributed by atoms with Crippen molar-refractivity contribution in [2.75, 3.05) is 19.5 Å². The molecule has 9 nitrogen and oxygen atoms in total. The molecule has 10 heteroatoms. The number of fused-ring (bicyclic) bond motifs is 1. The maximum atomic E-state index is 12.7. The quantitative estimate of drug-likeness (QED) is 0.528. The van der Waals surface area contributed by atoms with Crippen LogP contribution >= 0.6 is 11.8 Å². The molecule has 0 saturated carbocycles. The average molecular weight is 439 g/mol. The second-order valence-corrected chi connectivity index (χ2v) is 8.58. The first-order valence-corrected chi connectivity index (χ1v) is 10.5. The van der Waals surface area contributed by atoms with Gasteiger partial charge in [0.1, 0.15) is 24.3 Å². The minimum Gasteiger partial charge on any atom is -0.467 e. The minimum atomic E-state index is -1.26. The van der Waals surface area contributed by atoms with Crippen molar-refractivity contribution >= 4 is 35.7 Å². The summed E-state index contributed by atoms with van der Waals surface area (Å²) in [6.07, 6.45) is -0.852. The number of cyclic esters (lactones) is 1. The Bertz CT molecular complexity index is 807. The lowest BCUT2D eigenvalue weighted by atomic mass is 10.1. The van der Waals surface area contributed by atoms with Gasteiger partial charge < -0.3 is 24.8 Å². The van der Waals surface area contributed by atoms with Gasteiger partial charge >= 0.3 is 18.0 Å². The van der Waals surface area contributed by atoms with Crippen LogP contribution in [0.4, 0.5) is 4.79 Å². The first kappa shape index (κ1) is 23.5. The Morgan fingerprint density at radius 3 is 2.60 bits per heavy atom. The van der Waals surface area contributed by atoms with Gasteiger partial charge in [0.05, 0.1) is 12.7 Å². The SMILES string of the molecule is COC(=O)[C@@H]1CSCc2ccccc2C(=O)OC[C@H](NC(=O)OC(C)(C)C)C(=O)N1. The van der Waals surface area contributed by atoms with Crippen molar-refractivity contribution < 1.29 is 33.4 Å². The van der Waals surface area contributed by atoms with Crippen molar-refractivity contribution in [2.24, 2.45) is 0 Å². The van der Waals surface area contributed by atoms with Crippen molar-refractivity contribution in [1.82, 2.24) is 10.6 Å². The summed E-state index contributed by atoms with van der Waals surface area (Å²) >= 11 is 1.35. The summed E-state index contributed by atoms with van der Waals surface area (Å²) in [7, 11) is 1.22. The van der Waals surface area contributed by atoms with Crippen LogP contribution in [-0.4, -0.2) is 61.1 Å². The number of hydrogen-bond acceptors (Lipinski definition) is 8. The molecule has 0 aliphatic carbocycles. The van der Waals surface area contributed by atoms with Crippen LogP contribution in [0.1, 0.15) is 36.7 Å². The lowest BCUT2D eigenvalue weighted by Gasteiger charge is -2.25. The van der Waals surface area contributed by atoms with Gasteiger partial charge in [-0.15, -0.1) is 0 Å². The number of nitrogens with one attached hydrogen (secondary N) is 2. The maximum Gasteiger partial charge on any atom is 0.408 e. The average Bonchev–Trinajstić information content (AvgIpc) is 2.67. The highest BCUT2D eigenvalue weighted by molar-refractivity contribution is 7.98. The Morgan fingerprint density at radius 1 is 1.23 bits per heavy atom. The fraction of sp³-hybridized carbons (Fsp3) is 0.500. The van der Waals surface area contributed by atoms with Gasteiger partial charge in [-0.3, -0.25) is 4.79 Å². The smallest absolute Gasteiger partial charge is 0.408 e. The third-order valence-corrected chi connectivity index (χ3v) is 5.05. The maximum absolute atomic E-state index is 12.7. The second-order valence-electron chi connectivity index (χ2n) is 7.55. The van der Waals surface area contributed by atoms with E-state index < -0.39 is 48.2 Å². The molecule has 2 amide bonds. The molecular formula is C20H26N2O7S. The molecule has 30 heavy (non-hydrogen) atoms. The van der Waals surface area contributed by atoms with E-state index in [1.807, 2.05) is 0 Å². The van der Waals surface area contributed by atoms with Gasteiger partial charge in [-0.2, -0.15) is 11.8 Å². The molecule has 1 aromatic carbocycles. The summed E-state index contributed by atoms with van der Waals surface area (Å²) < 4.78 is 15.2. The van der Waals surface area contributed by atoms with Gasteiger partial charge in [0.25, 0.3) is 0 Å². The van der Waals surface area contributed by atoms with Crippen LogP contribution in [0.3, 0.4) is 0 Å². The topological polar surface area (TPSA) is 120 Å². The molecule has 0 spiro atoms. The van der Waals surface area contributed by atoms with Crippen LogP contribution in [0, 0.1) is 0 Å². The molecule has 1 heterocycles. The van der Waals surface area contributed by atoms with E-state index in [2.05, 4.69) is 10.6 Å². The number of amides is 2. The van der Waals surface area contributed by atoms with E-state index in [4.69, 9.17) is 14.2 Å². The van der Waals surface area contributed by atoms with Crippen LogP contribution in [0.2, 0.25) is 0 Å². The highest BCUT2D eigenvalue weighted by Crippen LogP contribution is 2.19. The Balaban J connectivity index is 2.27. The molecule has 1 aliphatic rings. The van der Waals surface area contributed by atoms with E-state index in [0.717, 1.165) is 5.56 Å². The summed E-state index contributed by atoms with van der Waals surface area (Å²) in [6, 6.07) is 4.72. The lowest BCUT2D eigenvalue weighted by Crippen LogP contribution is -2.55. The van der Waals surface area contributed by atoms with Crippen LogP contribution in [0.25, 0.3) is 0 Å². The zero-order valence-electron chi connectivity index (χ0n) is 17.4. The Hall–Kier alpha value is -2.75. The lowest BCUT2D eigenvalue weighted by molar-refractivity contribution is -0.144. The molecule has 0 bridgehead atoms. The third kappa shape index (κ3) is 6.94. The molecule has 2 rings (SSSR count). The van der Waals surface area contributed by atoms with Crippen LogP contribution in [0.5, 0.6) is 0 Å². The number of methoxy groups -OCH3 is 1. The normalized spacial score (nSPS) is 20.4. The summed E-state index contributed by atoms with van der Waals surface area (Å²) in [4.78, 5) is 49.5. The zero-order chi connectivity index (χ0) is 22.3. The Labute approximate surface area is 179 Å². The molecule has 0 unspecified atom stereocenters. The standard InChI is InChI=1S/C20H26N2O7S/c1-20(2,3)29-19(26)22-14-9-28-17(24)13-8-6-5-7-12(13)10-30-11-15(18(25)27-4)21-16(14)23/h5-8,14-15H,9-11H2,1-4H3,(H,21,23)(H,22,26)/t14-,15-/m0/s1. The number of alkyl carbamates (subject to hydrolysis) is 1. The van der Waals surface area contributed by atoms with E-state index in [-0.39, 0.29) is 5.75 Å². The number of benzene rings is 1. The van der Waals surface area contributed by atoms with Crippen LogP contribution in [0.15, 0.2) is 24.3 Å². The number of carbonyl (C=O) groups is 4. The molecule has 2 N–H and O–H groups in total. The highest BCUT2D eigenvalue weighted by Gasteiger charge is 2.31. The molecule has 0 aromatic heterocycles. The fourth-order valence-corrected chi connectivity index (χ4v) is 3.63. The molecule has 164 valence electrons. The van der Waals surface area contributed by atoms with Gasteiger partial charge in [0.2, 0.25) is 5.91 Å². The van der Waals surface area contributed by atoms with Crippen molar-refractivity contribution in [3.63, 3.8) is 0 Å². The fourth-order valence-electron chi connectivity index (χ4n) is 2.58. The Kier molecular flexibility index (Phi) is 8.10. The number of hydrogen-bond donors (Lipinski definition) is 2. The predicted octanol–water partition coefficient (Wildman–Crippen LogP) is 1.64. The Morgan fingerprint density at radius 2 is 1.93 bits per heavy atom. The van der Waals surface area contributed by atoms with E-state index in [1.165, 1.54) is 18.9 Å². The largest absolute Gasteiger partial charge is 0.467 e. The van der Waals surface area contributed by atoms with E-state index in [0.29, 0.717) is 11.3 Å². The number of thioether (sulfide) groups is 1. The van der Waals surface area contributed by atoms with Crippen molar-refractivity contribution in [1.29, 1.82) is 0 Å². The van der Waals surface area contributed by atoms with Gasteiger partial charge in [-0.05, 0) is 32.4 Å². The summed E-state index contributed by atoms with van der Waals surface area (Å²) in [5.74, 6) is -1.26. The van der Waals surface area contributed by atoms with Crippen molar-refractivity contribution in [2.45, 2.75) is 44.2 Å². The van der Waals surface area contributed by atoms with E-state index in [9.17, 15) is 19.2 Å². The summed E-state index contributed by atoms with van der Waals surface area (Å²) in [6.45, 7) is 4.60. The molecular weight excluding hydrogens is 412 g/mol. The first-order valence-electron chi connectivity index (χ1n) is 9.31. The van der Waals surface area contributed by atoms with E-state index in [1.54, 1.807) is 45.0 Å². The van der Waals surface area contributed by atoms with Gasteiger partial charge in [0.15, 0.2) is 0 Å². The number of ether oxygens (including phenoxy) is 3. The van der Waals surface area contributed by atoms with Gasteiger partial charge in [-0.25, -0.2) is 14.4 Å². The summed E-state index contributed by atoms with van der Waals surface area (Å²) in [5.41, 5.74) is 0.309. The first-order chi connectivity index (χ1) is 14.1.